The number of aliphatic hydroxyl groups excluding tert-OH is 1. The van der Waals surface area contributed by atoms with Crippen LogP contribution in [0, 0.1) is 0 Å². The van der Waals surface area contributed by atoms with Gasteiger partial charge >= 0.3 is 29.6 Å². The Hall–Kier alpha value is -2.11. The summed E-state index contributed by atoms with van der Waals surface area (Å²) in [5.74, 6) is -0.165. The summed E-state index contributed by atoms with van der Waals surface area (Å²) in [6, 6.07) is 14.1. The SMILES string of the molecule is O=C(CN1CCCCC1)Nc1sc2c(c1C(=O)c1ccc(Cl)cc1)CCOC2.O=C(CN1CCCCC1)Nc1sc2c(c1C(O)c1ccc(Cl)cc1)CCOC2.[B].[H-].[Na+]. The number of nitrogens with one attached hydrogen (secondary N) is 2. The third kappa shape index (κ3) is 12.0. The predicted octanol–water partition coefficient (Wildman–Crippen LogP) is 4.85. The van der Waals surface area contributed by atoms with Crippen LogP contribution in [0.3, 0.4) is 0 Å². The molecule has 2 amide bonds. The van der Waals surface area contributed by atoms with Crippen LogP contribution in [-0.4, -0.2) is 93.4 Å². The fourth-order valence-corrected chi connectivity index (χ4v) is 10.4. The van der Waals surface area contributed by atoms with Gasteiger partial charge in [-0.25, -0.2) is 0 Å². The van der Waals surface area contributed by atoms with Crippen LogP contribution in [0.1, 0.15) is 94.0 Å². The van der Waals surface area contributed by atoms with Gasteiger partial charge < -0.3 is 26.6 Å². The molecule has 8 rings (SSSR count). The zero-order valence-electron chi connectivity index (χ0n) is 34.0. The Morgan fingerprint density at radius 3 is 1.72 bits per heavy atom. The van der Waals surface area contributed by atoms with Gasteiger partial charge in [0.15, 0.2) is 5.78 Å². The van der Waals surface area contributed by atoms with Gasteiger partial charge in [-0.1, -0.05) is 48.2 Å². The number of fused-ring (bicyclic) bond motifs is 2. The molecule has 4 aromatic rings. The van der Waals surface area contributed by atoms with E-state index in [1.54, 1.807) is 36.4 Å². The average Bonchev–Trinajstić information content (AvgIpc) is 3.76. The van der Waals surface area contributed by atoms with E-state index in [9.17, 15) is 19.5 Å². The van der Waals surface area contributed by atoms with Crippen molar-refractivity contribution >= 4 is 81.9 Å². The van der Waals surface area contributed by atoms with Gasteiger partial charge in [0.2, 0.25) is 11.8 Å². The molecule has 58 heavy (non-hydrogen) atoms. The zero-order valence-corrected chi connectivity index (χ0v) is 38.1. The number of amides is 2. The van der Waals surface area contributed by atoms with E-state index in [0.717, 1.165) is 95.3 Å². The predicted molar refractivity (Wildman–Crippen MR) is 230 cm³/mol. The molecule has 4 aliphatic rings. The van der Waals surface area contributed by atoms with Gasteiger partial charge in [-0.3, -0.25) is 24.2 Å². The third-order valence-electron chi connectivity index (χ3n) is 10.6. The number of piperidine rings is 2. The van der Waals surface area contributed by atoms with Crippen molar-refractivity contribution in [3.63, 3.8) is 0 Å². The number of carbonyl (C=O) groups is 3. The Morgan fingerprint density at radius 1 is 0.707 bits per heavy atom. The largest absolute Gasteiger partial charge is 1.00 e. The molecule has 2 aromatic heterocycles. The van der Waals surface area contributed by atoms with Gasteiger partial charge in [0, 0.05) is 39.3 Å². The number of thiophene rings is 2. The van der Waals surface area contributed by atoms with Crippen LogP contribution < -0.4 is 40.2 Å². The van der Waals surface area contributed by atoms with Crippen LogP contribution in [0.4, 0.5) is 10.0 Å². The summed E-state index contributed by atoms with van der Waals surface area (Å²) in [7, 11) is 0. The Bertz CT molecular complexity index is 2010. The van der Waals surface area contributed by atoms with Crippen molar-refractivity contribution in [3.8, 4) is 0 Å². The number of ketones is 1. The van der Waals surface area contributed by atoms with Gasteiger partial charge in [-0.15, -0.1) is 22.7 Å². The summed E-state index contributed by atoms with van der Waals surface area (Å²) >= 11 is 14.9. The first kappa shape index (κ1) is 47.0. The Labute approximate surface area is 384 Å². The van der Waals surface area contributed by atoms with Crippen LogP contribution in [-0.2, 0) is 45.1 Å². The molecule has 4 aliphatic heterocycles. The second kappa shape index (κ2) is 22.7. The molecule has 0 bridgehead atoms. The molecule has 2 aromatic carbocycles. The second-order valence-corrected chi connectivity index (χ2v) is 17.7. The van der Waals surface area contributed by atoms with Crippen molar-refractivity contribution < 1.29 is 59.9 Å². The fraction of sp³-hybridized carbons (Fsp3) is 0.452. The first-order valence-corrected chi connectivity index (χ1v) is 21.8. The number of aliphatic hydroxyl groups is 1. The van der Waals surface area contributed by atoms with E-state index in [1.165, 1.54) is 35.5 Å². The van der Waals surface area contributed by atoms with E-state index >= 15 is 0 Å². The first-order valence-electron chi connectivity index (χ1n) is 19.5. The van der Waals surface area contributed by atoms with Crippen molar-refractivity contribution in [2.75, 3.05) is 63.1 Å². The molecule has 3 N–H and O–H groups in total. The summed E-state index contributed by atoms with van der Waals surface area (Å²) in [4.78, 5) is 45.0. The third-order valence-corrected chi connectivity index (χ3v) is 13.4. The van der Waals surface area contributed by atoms with Crippen LogP contribution >= 0.6 is 45.9 Å². The summed E-state index contributed by atoms with van der Waals surface area (Å²) in [6.07, 6.45) is 7.67. The number of benzene rings is 2. The molecule has 1 atom stereocenters. The van der Waals surface area contributed by atoms with E-state index < -0.39 is 6.10 Å². The van der Waals surface area contributed by atoms with E-state index in [0.29, 0.717) is 72.1 Å². The molecule has 3 radical (unpaired) electrons. The number of carbonyl (C=O) groups excluding carboxylic acids is 3. The number of ether oxygens (including phenoxy) is 2. The number of nitrogens with zero attached hydrogens (tertiary/aromatic N) is 2. The van der Waals surface area contributed by atoms with Crippen LogP contribution in [0.2, 0.25) is 10.0 Å². The molecule has 0 aliphatic carbocycles. The molecular weight excluding hydrogens is 825 g/mol. The van der Waals surface area contributed by atoms with Crippen molar-refractivity contribution in [2.24, 2.45) is 0 Å². The number of anilines is 2. The summed E-state index contributed by atoms with van der Waals surface area (Å²) in [5, 5.41) is 19.8. The van der Waals surface area contributed by atoms with Crippen LogP contribution in [0.5, 0.6) is 0 Å². The number of likely N-dealkylation sites (tertiary alicyclic amines) is 2. The van der Waals surface area contributed by atoms with E-state index in [2.05, 4.69) is 20.4 Å². The number of hydrogen-bond acceptors (Lipinski definition) is 10. The minimum absolute atomic E-state index is 0. The van der Waals surface area contributed by atoms with Crippen molar-refractivity contribution in [1.82, 2.24) is 9.80 Å². The molecule has 2 fully saturated rings. The molecular formula is C42H49BCl2N4NaO6S2. The minimum atomic E-state index is -0.805. The quantitative estimate of drug-likeness (QED) is 0.153. The van der Waals surface area contributed by atoms with Crippen molar-refractivity contribution in [2.45, 2.75) is 70.7 Å². The molecule has 10 nitrogen and oxygen atoms in total. The molecule has 0 saturated carbocycles. The first-order chi connectivity index (χ1) is 27.2. The maximum Gasteiger partial charge on any atom is 1.00 e. The fourth-order valence-electron chi connectivity index (χ4n) is 7.73. The molecule has 1 unspecified atom stereocenters. The minimum Gasteiger partial charge on any atom is -1.00 e. The van der Waals surface area contributed by atoms with Crippen molar-refractivity contribution in [3.05, 3.63) is 102 Å². The Balaban J connectivity index is 0.000000248. The molecule has 0 spiro atoms. The number of hydrogen-bond donors (Lipinski definition) is 3. The molecule has 303 valence electrons. The van der Waals surface area contributed by atoms with Gasteiger partial charge in [-0.2, -0.15) is 0 Å². The van der Waals surface area contributed by atoms with Gasteiger partial charge in [0.05, 0.1) is 45.1 Å². The Morgan fingerprint density at radius 2 is 1.17 bits per heavy atom. The van der Waals surface area contributed by atoms with E-state index in [4.69, 9.17) is 32.7 Å². The van der Waals surface area contributed by atoms with Crippen LogP contribution in [0.15, 0.2) is 48.5 Å². The van der Waals surface area contributed by atoms with Crippen LogP contribution in [0.25, 0.3) is 0 Å². The maximum absolute atomic E-state index is 13.2. The summed E-state index contributed by atoms with van der Waals surface area (Å²) in [6.45, 7) is 6.87. The molecule has 6 heterocycles. The van der Waals surface area contributed by atoms with Gasteiger partial charge in [-0.05, 0) is 118 Å². The number of halogens is 2. The van der Waals surface area contributed by atoms with Gasteiger partial charge in [0.1, 0.15) is 16.1 Å². The molecule has 16 heteroatoms. The summed E-state index contributed by atoms with van der Waals surface area (Å²) in [5.41, 5.74) is 4.86. The monoisotopic (exact) mass is 873 g/mol. The maximum atomic E-state index is 13.2. The smallest absolute Gasteiger partial charge is 1.00 e. The van der Waals surface area contributed by atoms with E-state index in [-0.39, 0.29) is 57.0 Å². The normalized spacial score (nSPS) is 17.2. The van der Waals surface area contributed by atoms with E-state index in [1.807, 2.05) is 12.1 Å². The topological polar surface area (TPSA) is 120 Å². The van der Waals surface area contributed by atoms with Gasteiger partial charge in [0.25, 0.3) is 0 Å². The summed E-state index contributed by atoms with van der Waals surface area (Å²) < 4.78 is 11.1. The average molecular weight is 875 g/mol. The van der Waals surface area contributed by atoms with Crippen molar-refractivity contribution in [1.29, 1.82) is 0 Å². The standard InChI is InChI=1S/C21H25ClN2O3S.C21H23ClN2O3S.B.Na.H/c2*22-15-6-4-14(5-7-15)20(26)19-16-8-11-27-13-17(16)28-21(19)23-18(25)12-24-9-2-1-3-10-24;;;/h4-7,20,26H,1-3,8-13H2,(H,23,25);4-7H,1-3,8-13H2,(H,23,25);;;/q;;;+1;-1. The molecule has 2 saturated heterocycles. The second-order valence-electron chi connectivity index (χ2n) is 14.6. The Kier molecular flexibility index (Phi) is 18.3. The zero-order chi connectivity index (χ0) is 39.0. The number of rotatable bonds is 10.